The number of hydrogen-bond donors (Lipinski definition) is 1. The van der Waals surface area contributed by atoms with Crippen LogP contribution in [-0.4, -0.2) is 24.1 Å². The summed E-state index contributed by atoms with van der Waals surface area (Å²) in [4.78, 5) is 0. The van der Waals surface area contributed by atoms with Crippen molar-refractivity contribution in [1.82, 2.24) is 5.32 Å². The molecule has 1 nitrogen and oxygen atoms in total. The van der Waals surface area contributed by atoms with Gasteiger partial charge < -0.3 is 5.32 Å². The minimum absolute atomic E-state index is 0.545. The van der Waals surface area contributed by atoms with Crippen LogP contribution in [0.15, 0.2) is 28.7 Å². The molecule has 3 unspecified atom stereocenters. The fourth-order valence-electron chi connectivity index (χ4n) is 3.56. The van der Waals surface area contributed by atoms with Crippen molar-refractivity contribution in [2.45, 2.75) is 30.9 Å². The lowest BCUT2D eigenvalue weighted by molar-refractivity contribution is 0.189. The smallest absolute Gasteiger partial charge is 0.0175 e. The van der Waals surface area contributed by atoms with Crippen LogP contribution in [0.5, 0.6) is 0 Å². The highest BCUT2D eigenvalue weighted by molar-refractivity contribution is 9.10. The topological polar surface area (TPSA) is 12.0 Å². The molecule has 2 aliphatic heterocycles. The molecular formula is C15H20BrNS. The Bertz CT molecular complexity index is 415. The van der Waals surface area contributed by atoms with Gasteiger partial charge in [-0.05, 0) is 48.3 Å². The molecule has 0 saturated carbocycles. The largest absolute Gasteiger partial charge is 0.316 e. The summed E-state index contributed by atoms with van der Waals surface area (Å²) in [5, 5.41) is 4.43. The zero-order chi connectivity index (χ0) is 12.6. The number of hydrogen-bond acceptors (Lipinski definition) is 2. The van der Waals surface area contributed by atoms with E-state index in [1.807, 2.05) is 0 Å². The fourth-order valence-corrected chi connectivity index (χ4v) is 5.35. The predicted octanol–water partition coefficient (Wildman–Crippen LogP) is 4.04. The molecule has 0 bridgehead atoms. The average Bonchev–Trinajstić information content (AvgIpc) is 2.73. The molecule has 3 rings (SSSR count). The molecule has 1 N–H and O–H groups in total. The summed E-state index contributed by atoms with van der Waals surface area (Å²) in [6.07, 6.45) is 2.73. The van der Waals surface area contributed by atoms with E-state index in [1.54, 1.807) is 0 Å². The number of piperidine rings is 1. The summed E-state index contributed by atoms with van der Waals surface area (Å²) in [6.45, 7) is 4.73. The highest BCUT2D eigenvalue weighted by Crippen LogP contribution is 2.53. The van der Waals surface area contributed by atoms with Crippen molar-refractivity contribution in [2.75, 3.05) is 18.8 Å². The van der Waals surface area contributed by atoms with Gasteiger partial charge in [-0.2, -0.15) is 11.8 Å². The zero-order valence-corrected chi connectivity index (χ0v) is 13.2. The van der Waals surface area contributed by atoms with Gasteiger partial charge >= 0.3 is 0 Å². The summed E-state index contributed by atoms with van der Waals surface area (Å²) in [5.74, 6) is 2.04. The molecule has 2 fully saturated rings. The molecule has 0 radical (unpaired) electrons. The first-order valence-electron chi connectivity index (χ1n) is 6.77. The van der Waals surface area contributed by atoms with E-state index in [2.05, 4.69) is 64.2 Å². The molecule has 2 saturated heterocycles. The second kappa shape index (κ2) is 5.18. The number of thioether (sulfide) groups is 1. The van der Waals surface area contributed by atoms with Crippen LogP contribution < -0.4 is 5.32 Å². The molecule has 2 aliphatic rings. The lowest BCUT2D eigenvalue weighted by Crippen LogP contribution is -2.44. The molecule has 0 amide bonds. The summed E-state index contributed by atoms with van der Waals surface area (Å²) in [5.41, 5.74) is 2.06. The minimum atomic E-state index is 0.545. The van der Waals surface area contributed by atoms with Crippen LogP contribution in [0.25, 0.3) is 0 Å². The van der Waals surface area contributed by atoms with Crippen LogP contribution >= 0.6 is 27.7 Å². The molecule has 98 valence electrons. The van der Waals surface area contributed by atoms with Gasteiger partial charge in [-0.1, -0.05) is 35.0 Å². The molecule has 0 aliphatic carbocycles. The van der Waals surface area contributed by atoms with Gasteiger partial charge in [0, 0.05) is 22.2 Å². The van der Waals surface area contributed by atoms with Gasteiger partial charge in [0.15, 0.2) is 0 Å². The van der Waals surface area contributed by atoms with Crippen LogP contribution in [-0.2, 0) is 0 Å². The lowest BCUT2D eigenvalue weighted by atomic mass is 9.67. The van der Waals surface area contributed by atoms with Crippen molar-refractivity contribution in [3.63, 3.8) is 0 Å². The first-order valence-corrected chi connectivity index (χ1v) is 8.62. The highest BCUT2D eigenvalue weighted by Gasteiger charge is 2.45. The number of rotatable bonds is 1. The zero-order valence-electron chi connectivity index (χ0n) is 10.8. The van der Waals surface area contributed by atoms with Gasteiger partial charge in [0.1, 0.15) is 0 Å². The summed E-state index contributed by atoms with van der Waals surface area (Å²) in [7, 11) is 0. The third kappa shape index (κ3) is 2.37. The van der Waals surface area contributed by atoms with E-state index in [1.165, 1.54) is 35.2 Å². The Labute approximate surface area is 122 Å². The average molecular weight is 326 g/mol. The molecule has 3 heteroatoms. The summed E-state index contributed by atoms with van der Waals surface area (Å²) >= 11 is 5.70. The molecule has 1 aromatic carbocycles. The van der Waals surface area contributed by atoms with E-state index < -0.39 is 0 Å². The van der Waals surface area contributed by atoms with Crippen molar-refractivity contribution < 1.29 is 0 Å². The maximum absolute atomic E-state index is 3.59. The van der Waals surface area contributed by atoms with Gasteiger partial charge in [0.2, 0.25) is 0 Å². The number of benzene rings is 1. The first-order chi connectivity index (χ1) is 8.70. The Hall–Kier alpha value is 0.01000. The van der Waals surface area contributed by atoms with Crippen LogP contribution in [0.2, 0.25) is 0 Å². The van der Waals surface area contributed by atoms with Gasteiger partial charge in [0.25, 0.3) is 0 Å². The van der Waals surface area contributed by atoms with E-state index in [0.29, 0.717) is 11.3 Å². The number of halogens is 1. The SMILES string of the molecule is CC1CC2(CCNCC2c2ccc(Br)cc2)CS1. The van der Waals surface area contributed by atoms with Crippen LogP contribution in [0.1, 0.15) is 31.2 Å². The van der Waals surface area contributed by atoms with Gasteiger partial charge in [-0.15, -0.1) is 0 Å². The molecule has 1 spiro atoms. The monoisotopic (exact) mass is 325 g/mol. The van der Waals surface area contributed by atoms with Crippen molar-refractivity contribution in [2.24, 2.45) is 5.41 Å². The predicted molar refractivity (Wildman–Crippen MR) is 83.3 cm³/mol. The molecular weight excluding hydrogens is 306 g/mol. The standard InChI is InChI=1S/C15H20BrNS/c1-11-8-15(10-18-11)6-7-17-9-14(15)12-2-4-13(16)5-3-12/h2-5,11,14,17H,6-10H2,1H3. The Morgan fingerprint density at radius 2 is 2.11 bits per heavy atom. The second-order valence-corrected chi connectivity index (χ2v) is 8.09. The highest BCUT2D eigenvalue weighted by atomic mass is 79.9. The Balaban J connectivity index is 1.90. The molecule has 0 aromatic heterocycles. The van der Waals surface area contributed by atoms with E-state index in [0.717, 1.165) is 11.8 Å². The molecule has 3 atom stereocenters. The van der Waals surface area contributed by atoms with Gasteiger partial charge in [-0.25, -0.2) is 0 Å². The normalized spacial score (nSPS) is 36.1. The third-order valence-corrected chi connectivity index (χ3v) is 6.51. The molecule has 1 aromatic rings. The van der Waals surface area contributed by atoms with E-state index in [9.17, 15) is 0 Å². The fraction of sp³-hybridized carbons (Fsp3) is 0.600. The lowest BCUT2D eigenvalue weighted by Gasteiger charge is -2.42. The number of nitrogens with one attached hydrogen (secondary N) is 1. The van der Waals surface area contributed by atoms with Crippen molar-refractivity contribution in [3.8, 4) is 0 Å². The quantitative estimate of drug-likeness (QED) is 0.836. The Morgan fingerprint density at radius 1 is 1.33 bits per heavy atom. The Kier molecular flexibility index (Phi) is 3.75. The van der Waals surface area contributed by atoms with E-state index in [4.69, 9.17) is 0 Å². The van der Waals surface area contributed by atoms with Crippen LogP contribution in [0.3, 0.4) is 0 Å². The maximum Gasteiger partial charge on any atom is 0.0175 e. The molecule has 18 heavy (non-hydrogen) atoms. The van der Waals surface area contributed by atoms with Crippen LogP contribution in [0.4, 0.5) is 0 Å². The maximum atomic E-state index is 3.59. The van der Waals surface area contributed by atoms with Crippen molar-refractivity contribution in [1.29, 1.82) is 0 Å². The minimum Gasteiger partial charge on any atom is -0.316 e. The van der Waals surface area contributed by atoms with E-state index in [-0.39, 0.29) is 0 Å². The second-order valence-electron chi connectivity index (χ2n) is 5.75. The summed E-state index contributed by atoms with van der Waals surface area (Å²) in [6, 6.07) is 8.97. The summed E-state index contributed by atoms with van der Waals surface area (Å²) < 4.78 is 1.18. The third-order valence-electron chi connectivity index (χ3n) is 4.51. The van der Waals surface area contributed by atoms with Gasteiger partial charge in [-0.3, -0.25) is 0 Å². The Morgan fingerprint density at radius 3 is 2.78 bits per heavy atom. The van der Waals surface area contributed by atoms with Crippen LogP contribution in [0, 0.1) is 5.41 Å². The first kappa shape index (κ1) is 13.0. The van der Waals surface area contributed by atoms with E-state index >= 15 is 0 Å². The van der Waals surface area contributed by atoms with Gasteiger partial charge in [0.05, 0.1) is 0 Å². The van der Waals surface area contributed by atoms with Crippen molar-refractivity contribution >= 4 is 27.7 Å². The molecule has 2 heterocycles. The van der Waals surface area contributed by atoms with Crippen molar-refractivity contribution in [3.05, 3.63) is 34.3 Å².